The van der Waals surface area contributed by atoms with Crippen molar-refractivity contribution in [2.75, 3.05) is 11.9 Å². The van der Waals surface area contributed by atoms with E-state index in [-0.39, 0.29) is 0 Å². The van der Waals surface area contributed by atoms with Crippen LogP contribution in [0.2, 0.25) is 0 Å². The Morgan fingerprint density at radius 2 is 2.00 bits per heavy atom. The number of rotatable bonds is 6. The molecule has 0 aliphatic carbocycles. The maximum Gasteiger partial charge on any atom is 0.166 e. The molecular formula is C20H18BrN3OS. The minimum Gasteiger partial charge on any atom is -0.472 e. The van der Waals surface area contributed by atoms with Crippen molar-refractivity contribution in [1.82, 2.24) is 9.97 Å². The summed E-state index contributed by atoms with van der Waals surface area (Å²) in [5, 5.41) is 4.59. The number of aromatic nitrogens is 2. The second-order valence-electron chi connectivity index (χ2n) is 6.14. The van der Waals surface area contributed by atoms with Crippen LogP contribution in [0, 0.1) is 6.92 Å². The van der Waals surface area contributed by atoms with Gasteiger partial charge in [0, 0.05) is 15.9 Å². The van der Waals surface area contributed by atoms with Crippen LogP contribution >= 0.6 is 27.3 Å². The Morgan fingerprint density at radius 3 is 2.77 bits per heavy atom. The molecular weight excluding hydrogens is 410 g/mol. The number of halogens is 1. The molecule has 0 bridgehead atoms. The smallest absolute Gasteiger partial charge is 0.166 e. The average Bonchev–Trinajstić information content (AvgIpc) is 3.28. The molecule has 0 saturated heterocycles. The van der Waals surface area contributed by atoms with E-state index in [9.17, 15) is 0 Å². The van der Waals surface area contributed by atoms with E-state index in [2.05, 4.69) is 63.5 Å². The molecule has 0 saturated carbocycles. The molecule has 4 nitrogen and oxygen atoms in total. The molecule has 0 spiro atoms. The molecule has 0 aliphatic rings. The van der Waals surface area contributed by atoms with E-state index in [4.69, 9.17) is 9.40 Å². The summed E-state index contributed by atoms with van der Waals surface area (Å²) < 4.78 is 6.29. The van der Waals surface area contributed by atoms with E-state index in [1.807, 2.05) is 6.07 Å². The summed E-state index contributed by atoms with van der Waals surface area (Å²) in [6.45, 7) is 2.96. The van der Waals surface area contributed by atoms with Gasteiger partial charge in [0.25, 0.3) is 0 Å². The van der Waals surface area contributed by atoms with Crippen LogP contribution in [0.15, 0.2) is 57.8 Å². The SMILES string of the molecule is Cc1cc2c(NCCCc3ccc(Br)cc3)nc(-c3ccoc3)nc2s1. The summed E-state index contributed by atoms with van der Waals surface area (Å²) in [5.41, 5.74) is 2.24. The molecule has 0 fully saturated rings. The lowest BCUT2D eigenvalue weighted by molar-refractivity contribution is 0.568. The second kappa shape index (κ2) is 7.60. The summed E-state index contributed by atoms with van der Waals surface area (Å²) in [6, 6.07) is 12.5. The van der Waals surface area contributed by atoms with Gasteiger partial charge in [-0.15, -0.1) is 11.3 Å². The molecule has 0 aliphatic heterocycles. The van der Waals surface area contributed by atoms with Crippen LogP contribution in [-0.4, -0.2) is 16.5 Å². The normalized spacial score (nSPS) is 11.2. The number of benzene rings is 1. The zero-order valence-electron chi connectivity index (χ0n) is 14.3. The molecule has 3 heterocycles. The Kier molecular flexibility index (Phi) is 5.04. The predicted octanol–water partition coefficient (Wildman–Crippen LogP) is 6.07. The number of anilines is 1. The first-order chi connectivity index (χ1) is 12.7. The highest BCUT2D eigenvalue weighted by molar-refractivity contribution is 9.10. The fourth-order valence-electron chi connectivity index (χ4n) is 2.85. The first-order valence-corrected chi connectivity index (χ1v) is 10.1. The highest BCUT2D eigenvalue weighted by atomic mass is 79.9. The number of nitrogens with one attached hydrogen (secondary N) is 1. The molecule has 1 aromatic carbocycles. The van der Waals surface area contributed by atoms with Gasteiger partial charge in [-0.2, -0.15) is 0 Å². The number of nitrogens with zero attached hydrogens (tertiary/aromatic N) is 2. The summed E-state index contributed by atoms with van der Waals surface area (Å²) in [4.78, 5) is 11.7. The molecule has 1 N–H and O–H groups in total. The first-order valence-electron chi connectivity index (χ1n) is 8.48. The fourth-order valence-corrected chi connectivity index (χ4v) is 3.99. The quantitative estimate of drug-likeness (QED) is 0.379. The van der Waals surface area contributed by atoms with Crippen LogP contribution in [0.3, 0.4) is 0 Å². The summed E-state index contributed by atoms with van der Waals surface area (Å²) in [5.74, 6) is 1.59. The number of aryl methyl sites for hydroxylation is 2. The van der Waals surface area contributed by atoms with Gasteiger partial charge < -0.3 is 9.73 Å². The van der Waals surface area contributed by atoms with Crippen LogP contribution in [0.5, 0.6) is 0 Å². The number of furan rings is 1. The Labute approximate surface area is 164 Å². The predicted molar refractivity (Wildman–Crippen MR) is 111 cm³/mol. The van der Waals surface area contributed by atoms with E-state index in [0.717, 1.165) is 45.5 Å². The Balaban J connectivity index is 1.50. The average molecular weight is 428 g/mol. The van der Waals surface area contributed by atoms with Crippen LogP contribution in [0.1, 0.15) is 16.9 Å². The number of fused-ring (bicyclic) bond motifs is 1. The zero-order chi connectivity index (χ0) is 17.9. The van der Waals surface area contributed by atoms with Crippen molar-refractivity contribution in [2.24, 2.45) is 0 Å². The summed E-state index contributed by atoms with van der Waals surface area (Å²) in [7, 11) is 0. The lowest BCUT2D eigenvalue weighted by Gasteiger charge is -2.08. The van der Waals surface area contributed by atoms with Crippen molar-refractivity contribution >= 4 is 43.3 Å². The van der Waals surface area contributed by atoms with Crippen molar-refractivity contribution in [3.63, 3.8) is 0 Å². The number of thiophene rings is 1. The van der Waals surface area contributed by atoms with Crippen LogP contribution in [0.4, 0.5) is 5.82 Å². The molecule has 0 amide bonds. The van der Waals surface area contributed by atoms with Crippen molar-refractivity contribution in [1.29, 1.82) is 0 Å². The molecule has 0 atom stereocenters. The second-order valence-corrected chi connectivity index (χ2v) is 8.29. The largest absolute Gasteiger partial charge is 0.472 e. The summed E-state index contributed by atoms with van der Waals surface area (Å²) >= 11 is 5.16. The zero-order valence-corrected chi connectivity index (χ0v) is 16.7. The van der Waals surface area contributed by atoms with Gasteiger partial charge in [0.2, 0.25) is 0 Å². The maximum atomic E-state index is 5.18. The number of hydrogen-bond donors (Lipinski definition) is 1. The van der Waals surface area contributed by atoms with Gasteiger partial charge in [0.1, 0.15) is 16.9 Å². The Bertz CT molecular complexity index is 1010. The highest BCUT2D eigenvalue weighted by Gasteiger charge is 2.12. The maximum absolute atomic E-state index is 5.18. The molecule has 26 heavy (non-hydrogen) atoms. The van der Waals surface area contributed by atoms with Gasteiger partial charge in [-0.1, -0.05) is 28.1 Å². The van der Waals surface area contributed by atoms with Gasteiger partial charge in [-0.25, -0.2) is 9.97 Å². The van der Waals surface area contributed by atoms with E-state index >= 15 is 0 Å². The minimum absolute atomic E-state index is 0.698. The molecule has 132 valence electrons. The fraction of sp³-hybridized carbons (Fsp3) is 0.200. The van der Waals surface area contributed by atoms with Gasteiger partial charge in [-0.3, -0.25) is 0 Å². The van der Waals surface area contributed by atoms with E-state index < -0.39 is 0 Å². The van der Waals surface area contributed by atoms with Gasteiger partial charge in [0.15, 0.2) is 5.82 Å². The van der Waals surface area contributed by atoms with Crippen molar-refractivity contribution < 1.29 is 4.42 Å². The lowest BCUT2D eigenvalue weighted by atomic mass is 10.1. The van der Waals surface area contributed by atoms with E-state index in [0.29, 0.717) is 5.82 Å². The van der Waals surface area contributed by atoms with Gasteiger partial charge in [-0.05, 0) is 49.6 Å². The van der Waals surface area contributed by atoms with Crippen LogP contribution in [0.25, 0.3) is 21.6 Å². The van der Waals surface area contributed by atoms with Gasteiger partial charge in [0.05, 0.1) is 17.2 Å². The first kappa shape index (κ1) is 17.2. The molecule has 4 rings (SSSR count). The molecule has 6 heteroatoms. The van der Waals surface area contributed by atoms with Crippen molar-refractivity contribution in [2.45, 2.75) is 19.8 Å². The topological polar surface area (TPSA) is 51.0 Å². The van der Waals surface area contributed by atoms with Gasteiger partial charge >= 0.3 is 0 Å². The lowest BCUT2D eigenvalue weighted by Crippen LogP contribution is -2.06. The van der Waals surface area contributed by atoms with Crippen LogP contribution < -0.4 is 5.32 Å². The van der Waals surface area contributed by atoms with E-state index in [1.54, 1.807) is 23.9 Å². The molecule has 0 radical (unpaired) electrons. The van der Waals surface area contributed by atoms with Crippen molar-refractivity contribution in [3.05, 3.63) is 63.8 Å². The standard InChI is InChI=1S/C20H18BrN3OS/c1-13-11-17-19(22-9-2-3-14-4-6-16(21)7-5-14)23-18(24-20(17)26-13)15-8-10-25-12-15/h4-8,10-12H,2-3,9H2,1H3,(H,22,23,24). The monoisotopic (exact) mass is 427 g/mol. The molecule has 0 unspecified atom stereocenters. The Morgan fingerprint density at radius 1 is 1.15 bits per heavy atom. The molecule has 4 aromatic rings. The van der Waals surface area contributed by atoms with Crippen LogP contribution in [-0.2, 0) is 6.42 Å². The third-order valence-corrected chi connectivity index (χ3v) is 5.62. The van der Waals surface area contributed by atoms with E-state index in [1.165, 1.54) is 10.4 Å². The Hall–Kier alpha value is -2.18. The third-order valence-electron chi connectivity index (χ3n) is 4.14. The third kappa shape index (κ3) is 3.81. The highest BCUT2D eigenvalue weighted by Crippen LogP contribution is 2.31. The summed E-state index contributed by atoms with van der Waals surface area (Å²) in [6.07, 6.45) is 5.40. The molecule has 3 aromatic heterocycles. The minimum atomic E-state index is 0.698. The van der Waals surface area contributed by atoms with Crippen molar-refractivity contribution in [3.8, 4) is 11.4 Å². The number of hydrogen-bond acceptors (Lipinski definition) is 5.